The number of fused-ring (bicyclic) bond motifs is 1. The van der Waals surface area contributed by atoms with Gasteiger partial charge in [0.15, 0.2) is 0 Å². The molecule has 0 saturated carbocycles. The molecule has 2 aromatic carbocycles. The molecule has 0 aliphatic heterocycles. The highest BCUT2D eigenvalue weighted by Gasteiger charge is 2.14. The first-order valence-corrected chi connectivity index (χ1v) is 8.23. The number of hydrogen-bond donors (Lipinski definition) is 0. The number of aromatic nitrogens is 1. The van der Waals surface area contributed by atoms with Gasteiger partial charge in [-0.05, 0) is 31.2 Å². The zero-order valence-electron chi connectivity index (χ0n) is 11.5. The molecular formula is C16H11ClFNO2S. The van der Waals surface area contributed by atoms with E-state index in [0.29, 0.717) is 21.6 Å². The second-order valence-corrected chi connectivity index (χ2v) is 6.73. The SMILES string of the molecule is Cc1ccc(-c2cc(Cl)c3cc(S(=O)(=O)F)ccc3n2)cc1. The molecule has 0 atom stereocenters. The van der Waals surface area contributed by atoms with Crippen molar-refractivity contribution in [3.05, 3.63) is 59.1 Å². The Hall–Kier alpha value is -1.98. The fraction of sp³-hybridized carbons (Fsp3) is 0.0625. The minimum Gasteiger partial charge on any atom is -0.248 e. The van der Waals surface area contributed by atoms with Gasteiger partial charge in [0, 0.05) is 10.9 Å². The van der Waals surface area contributed by atoms with Crippen molar-refractivity contribution < 1.29 is 12.3 Å². The average Bonchev–Trinajstić information content (AvgIpc) is 2.46. The van der Waals surface area contributed by atoms with Crippen LogP contribution in [0.4, 0.5) is 3.89 Å². The quantitative estimate of drug-likeness (QED) is 0.647. The number of rotatable bonds is 2. The van der Waals surface area contributed by atoms with Gasteiger partial charge in [-0.25, -0.2) is 4.98 Å². The van der Waals surface area contributed by atoms with Crippen molar-refractivity contribution in [3.8, 4) is 11.3 Å². The summed E-state index contributed by atoms with van der Waals surface area (Å²) < 4.78 is 35.0. The van der Waals surface area contributed by atoms with Gasteiger partial charge in [0.2, 0.25) is 0 Å². The highest BCUT2D eigenvalue weighted by atomic mass is 35.5. The topological polar surface area (TPSA) is 47.0 Å². The third kappa shape index (κ3) is 2.82. The smallest absolute Gasteiger partial charge is 0.248 e. The van der Waals surface area contributed by atoms with Crippen molar-refractivity contribution in [1.29, 1.82) is 0 Å². The normalized spacial score (nSPS) is 11.8. The highest BCUT2D eigenvalue weighted by molar-refractivity contribution is 7.86. The summed E-state index contributed by atoms with van der Waals surface area (Å²) in [5, 5.41) is 0.724. The van der Waals surface area contributed by atoms with E-state index in [9.17, 15) is 12.3 Å². The molecule has 0 bridgehead atoms. The molecule has 0 aliphatic carbocycles. The van der Waals surface area contributed by atoms with Gasteiger partial charge >= 0.3 is 10.2 Å². The maximum Gasteiger partial charge on any atom is 0.332 e. The van der Waals surface area contributed by atoms with Crippen molar-refractivity contribution in [2.45, 2.75) is 11.8 Å². The summed E-state index contributed by atoms with van der Waals surface area (Å²) in [4.78, 5) is 4.03. The molecule has 0 radical (unpaired) electrons. The molecule has 0 N–H and O–H groups in total. The van der Waals surface area contributed by atoms with Crippen LogP contribution in [0, 0.1) is 6.92 Å². The lowest BCUT2D eigenvalue weighted by Crippen LogP contribution is -1.93. The predicted molar refractivity (Wildman–Crippen MR) is 85.2 cm³/mol. The van der Waals surface area contributed by atoms with Gasteiger partial charge in [0.25, 0.3) is 0 Å². The van der Waals surface area contributed by atoms with E-state index in [-0.39, 0.29) is 0 Å². The molecule has 0 saturated heterocycles. The number of nitrogens with zero attached hydrogens (tertiary/aromatic N) is 1. The van der Waals surface area contributed by atoms with E-state index in [1.165, 1.54) is 18.2 Å². The summed E-state index contributed by atoms with van der Waals surface area (Å²) in [6.45, 7) is 1.99. The van der Waals surface area contributed by atoms with E-state index >= 15 is 0 Å². The molecule has 3 nitrogen and oxygen atoms in total. The first-order valence-electron chi connectivity index (χ1n) is 6.46. The molecule has 0 amide bonds. The monoisotopic (exact) mass is 335 g/mol. The van der Waals surface area contributed by atoms with Crippen LogP contribution in [-0.2, 0) is 10.2 Å². The second kappa shape index (κ2) is 5.34. The van der Waals surface area contributed by atoms with Crippen molar-refractivity contribution in [2.75, 3.05) is 0 Å². The van der Waals surface area contributed by atoms with Gasteiger partial charge in [-0.15, -0.1) is 3.89 Å². The van der Waals surface area contributed by atoms with E-state index < -0.39 is 15.1 Å². The Bertz CT molecular complexity index is 969. The minimum absolute atomic E-state index is 0.325. The molecule has 0 unspecified atom stereocenters. The van der Waals surface area contributed by atoms with Crippen molar-refractivity contribution in [3.63, 3.8) is 0 Å². The summed E-state index contributed by atoms with van der Waals surface area (Å²) in [5.41, 5.74) is 3.22. The largest absolute Gasteiger partial charge is 0.332 e. The number of hydrogen-bond acceptors (Lipinski definition) is 3. The Morgan fingerprint density at radius 1 is 1.05 bits per heavy atom. The average molecular weight is 336 g/mol. The molecule has 112 valence electrons. The number of aryl methyl sites for hydroxylation is 1. The second-order valence-electron chi connectivity index (χ2n) is 4.97. The Morgan fingerprint density at radius 2 is 1.73 bits per heavy atom. The fourth-order valence-corrected chi connectivity index (χ4v) is 2.93. The molecular weight excluding hydrogens is 325 g/mol. The molecule has 0 fully saturated rings. The van der Waals surface area contributed by atoms with Crippen LogP contribution in [0.15, 0.2) is 53.4 Å². The number of pyridine rings is 1. The summed E-state index contributed by atoms with van der Waals surface area (Å²) in [5.74, 6) is 0. The lowest BCUT2D eigenvalue weighted by atomic mass is 10.1. The van der Waals surface area contributed by atoms with Crippen LogP contribution in [0.2, 0.25) is 5.02 Å². The Balaban J connectivity index is 2.19. The maximum atomic E-state index is 13.1. The van der Waals surface area contributed by atoms with Crippen LogP contribution in [0.1, 0.15) is 5.56 Å². The predicted octanol–water partition coefficient (Wildman–Crippen LogP) is 4.52. The zero-order valence-corrected chi connectivity index (χ0v) is 13.1. The van der Waals surface area contributed by atoms with Crippen molar-refractivity contribution in [1.82, 2.24) is 4.98 Å². The van der Waals surface area contributed by atoms with E-state index in [1.807, 2.05) is 31.2 Å². The molecule has 22 heavy (non-hydrogen) atoms. The molecule has 3 aromatic rings. The van der Waals surface area contributed by atoms with Crippen LogP contribution in [0.3, 0.4) is 0 Å². The van der Waals surface area contributed by atoms with E-state index in [0.717, 1.165) is 11.1 Å². The Labute approximate surface area is 132 Å². The molecule has 0 spiro atoms. The van der Waals surface area contributed by atoms with Crippen LogP contribution in [0.25, 0.3) is 22.2 Å². The Kier molecular flexibility index (Phi) is 3.62. The third-order valence-electron chi connectivity index (χ3n) is 3.36. The van der Waals surface area contributed by atoms with E-state index in [1.54, 1.807) is 6.07 Å². The van der Waals surface area contributed by atoms with Crippen molar-refractivity contribution >= 4 is 32.7 Å². The standard InChI is InChI=1S/C16H11ClFNO2S/c1-10-2-4-11(5-3-10)16-9-14(17)13-8-12(22(18,20)21)6-7-15(13)19-16/h2-9H,1H3. The highest BCUT2D eigenvalue weighted by Crippen LogP contribution is 2.30. The third-order valence-corrected chi connectivity index (χ3v) is 4.49. The summed E-state index contributed by atoms with van der Waals surface area (Å²) in [6, 6.07) is 13.3. The van der Waals surface area contributed by atoms with Crippen LogP contribution < -0.4 is 0 Å². The number of benzene rings is 2. The first-order chi connectivity index (χ1) is 10.3. The molecule has 1 heterocycles. The molecule has 0 aliphatic rings. The fourth-order valence-electron chi connectivity index (χ4n) is 2.19. The van der Waals surface area contributed by atoms with Gasteiger partial charge in [0.05, 0.1) is 21.1 Å². The van der Waals surface area contributed by atoms with Crippen molar-refractivity contribution in [2.24, 2.45) is 0 Å². The minimum atomic E-state index is -4.76. The lowest BCUT2D eigenvalue weighted by Gasteiger charge is -2.07. The van der Waals surface area contributed by atoms with E-state index in [2.05, 4.69) is 4.98 Å². The lowest BCUT2D eigenvalue weighted by molar-refractivity contribution is 0.552. The molecule has 1 aromatic heterocycles. The van der Waals surface area contributed by atoms with Gasteiger partial charge in [0.1, 0.15) is 0 Å². The maximum absolute atomic E-state index is 13.1. The van der Waals surface area contributed by atoms with Crippen LogP contribution in [0.5, 0.6) is 0 Å². The number of halogens is 2. The Morgan fingerprint density at radius 3 is 2.36 bits per heavy atom. The van der Waals surface area contributed by atoms with E-state index in [4.69, 9.17) is 11.6 Å². The van der Waals surface area contributed by atoms with Gasteiger partial charge in [-0.3, -0.25) is 0 Å². The van der Waals surface area contributed by atoms with Gasteiger partial charge in [-0.2, -0.15) is 8.42 Å². The zero-order chi connectivity index (χ0) is 15.9. The summed E-state index contributed by atoms with van der Waals surface area (Å²) >= 11 is 6.21. The van der Waals surface area contributed by atoms with Gasteiger partial charge in [-0.1, -0.05) is 41.4 Å². The summed E-state index contributed by atoms with van der Waals surface area (Å²) in [6.07, 6.45) is 0. The molecule has 3 rings (SSSR count). The van der Waals surface area contributed by atoms with Crippen LogP contribution in [-0.4, -0.2) is 13.4 Å². The first kappa shape index (κ1) is 14.9. The van der Waals surface area contributed by atoms with Gasteiger partial charge < -0.3 is 0 Å². The summed E-state index contributed by atoms with van der Waals surface area (Å²) in [7, 11) is -4.76. The molecule has 6 heteroatoms. The van der Waals surface area contributed by atoms with Crippen LogP contribution >= 0.6 is 11.6 Å².